The standard InChI is InChI=1S/C7H8N2O/c1-6(9-8-2)7-4-3-5-10-7/h3-5,9H,1-2H2. The van der Waals surface area contributed by atoms with E-state index in [-0.39, 0.29) is 0 Å². The summed E-state index contributed by atoms with van der Waals surface area (Å²) in [6, 6.07) is 3.58. The molecule has 3 nitrogen and oxygen atoms in total. The molecule has 0 aliphatic carbocycles. The molecule has 0 radical (unpaired) electrons. The number of hydrazone groups is 1. The molecule has 52 valence electrons. The lowest BCUT2D eigenvalue weighted by molar-refractivity contribution is 0.548. The normalized spacial score (nSPS) is 8.80. The largest absolute Gasteiger partial charge is 0.463 e. The number of furan rings is 1. The molecule has 0 fully saturated rings. The van der Waals surface area contributed by atoms with Crippen molar-refractivity contribution in [1.82, 2.24) is 5.43 Å². The summed E-state index contributed by atoms with van der Waals surface area (Å²) in [5, 5.41) is 3.43. The van der Waals surface area contributed by atoms with Gasteiger partial charge in [-0.15, -0.1) is 0 Å². The third kappa shape index (κ3) is 1.25. The van der Waals surface area contributed by atoms with E-state index in [0.29, 0.717) is 11.5 Å². The quantitative estimate of drug-likeness (QED) is 0.504. The number of nitrogens with zero attached hydrogens (tertiary/aromatic N) is 1. The van der Waals surface area contributed by atoms with Crippen LogP contribution in [0.25, 0.3) is 5.70 Å². The van der Waals surface area contributed by atoms with Gasteiger partial charge in [-0.05, 0) is 12.1 Å². The van der Waals surface area contributed by atoms with Gasteiger partial charge in [-0.1, -0.05) is 6.58 Å². The van der Waals surface area contributed by atoms with Crippen molar-refractivity contribution in [1.29, 1.82) is 0 Å². The second-order valence-electron chi connectivity index (χ2n) is 1.73. The summed E-state index contributed by atoms with van der Waals surface area (Å²) in [7, 11) is 0. The molecule has 3 heteroatoms. The van der Waals surface area contributed by atoms with Crippen LogP contribution in [0.1, 0.15) is 5.76 Å². The Kier molecular flexibility index (Phi) is 1.89. The van der Waals surface area contributed by atoms with Gasteiger partial charge in [0.05, 0.1) is 12.0 Å². The fourth-order valence-electron chi connectivity index (χ4n) is 0.601. The van der Waals surface area contributed by atoms with E-state index >= 15 is 0 Å². The van der Waals surface area contributed by atoms with Crippen molar-refractivity contribution in [3.8, 4) is 0 Å². The highest BCUT2D eigenvalue weighted by molar-refractivity contribution is 5.56. The predicted octanol–water partition coefficient (Wildman–Crippen LogP) is 1.46. The minimum atomic E-state index is 0.611. The molecule has 1 heterocycles. The minimum absolute atomic E-state index is 0.611. The monoisotopic (exact) mass is 136 g/mol. The number of nitrogens with one attached hydrogen (secondary N) is 1. The van der Waals surface area contributed by atoms with Gasteiger partial charge in [0.2, 0.25) is 0 Å². The first-order chi connectivity index (χ1) is 4.84. The summed E-state index contributed by atoms with van der Waals surface area (Å²) >= 11 is 0. The zero-order valence-corrected chi connectivity index (χ0v) is 5.50. The van der Waals surface area contributed by atoms with Crippen LogP contribution in [-0.4, -0.2) is 6.72 Å². The molecule has 0 atom stereocenters. The van der Waals surface area contributed by atoms with Gasteiger partial charge in [0.1, 0.15) is 0 Å². The highest BCUT2D eigenvalue weighted by Gasteiger charge is 1.97. The van der Waals surface area contributed by atoms with E-state index in [4.69, 9.17) is 4.42 Å². The second-order valence-corrected chi connectivity index (χ2v) is 1.73. The highest BCUT2D eigenvalue weighted by Crippen LogP contribution is 2.08. The Balaban J connectivity index is 2.68. The third-order valence-electron chi connectivity index (χ3n) is 1.03. The topological polar surface area (TPSA) is 37.5 Å². The average Bonchev–Trinajstić information content (AvgIpc) is 2.38. The lowest BCUT2D eigenvalue weighted by atomic mass is 10.4. The Morgan fingerprint density at radius 1 is 1.70 bits per heavy atom. The summed E-state index contributed by atoms with van der Waals surface area (Å²) < 4.78 is 5.00. The minimum Gasteiger partial charge on any atom is -0.463 e. The molecule has 10 heavy (non-hydrogen) atoms. The third-order valence-corrected chi connectivity index (χ3v) is 1.03. The smallest absolute Gasteiger partial charge is 0.150 e. The average molecular weight is 136 g/mol. The Morgan fingerprint density at radius 3 is 3.00 bits per heavy atom. The van der Waals surface area contributed by atoms with Gasteiger partial charge < -0.3 is 4.42 Å². The molecule has 0 unspecified atom stereocenters. The highest BCUT2D eigenvalue weighted by atomic mass is 16.3. The molecular weight excluding hydrogens is 128 g/mol. The molecular formula is C7H8N2O. The van der Waals surface area contributed by atoms with E-state index < -0.39 is 0 Å². The predicted molar refractivity (Wildman–Crippen MR) is 40.4 cm³/mol. The molecule has 1 aromatic rings. The lowest BCUT2D eigenvalue weighted by Crippen LogP contribution is -1.99. The van der Waals surface area contributed by atoms with Gasteiger partial charge in [0.15, 0.2) is 5.76 Å². The van der Waals surface area contributed by atoms with E-state index in [1.54, 1.807) is 18.4 Å². The molecule has 0 spiro atoms. The van der Waals surface area contributed by atoms with E-state index in [0.717, 1.165) is 0 Å². The molecule has 0 bridgehead atoms. The molecule has 0 saturated carbocycles. The zero-order chi connectivity index (χ0) is 7.40. The Bertz CT molecular complexity index is 226. The van der Waals surface area contributed by atoms with Crippen molar-refractivity contribution in [2.45, 2.75) is 0 Å². The Hall–Kier alpha value is -1.51. The second kappa shape index (κ2) is 2.87. The first kappa shape index (κ1) is 6.61. The fourth-order valence-corrected chi connectivity index (χ4v) is 0.601. The van der Waals surface area contributed by atoms with Gasteiger partial charge >= 0.3 is 0 Å². The molecule has 0 aliphatic rings. The van der Waals surface area contributed by atoms with Gasteiger partial charge in [-0.3, -0.25) is 5.43 Å². The van der Waals surface area contributed by atoms with Crippen molar-refractivity contribution in [3.63, 3.8) is 0 Å². The first-order valence-electron chi connectivity index (χ1n) is 2.79. The van der Waals surface area contributed by atoms with Gasteiger partial charge in [-0.25, -0.2) is 0 Å². The summed E-state index contributed by atoms with van der Waals surface area (Å²) in [6.45, 7) is 6.90. The number of hydrogen-bond donors (Lipinski definition) is 1. The number of rotatable bonds is 3. The molecule has 1 aromatic heterocycles. The molecule has 0 aliphatic heterocycles. The van der Waals surface area contributed by atoms with Crippen molar-refractivity contribution in [2.75, 3.05) is 0 Å². The van der Waals surface area contributed by atoms with Crippen molar-refractivity contribution >= 4 is 12.4 Å². The van der Waals surface area contributed by atoms with Crippen molar-refractivity contribution in [3.05, 3.63) is 30.7 Å². The summed E-state index contributed by atoms with van der Waals surface area (Å²) in [6.07, 6.45) is 1.57. The van der Waals surface area contributed by atoms with Crippen LogP contribution in [0.5, 0.6) is 0 Å². The van der Waals surface area contributed by atoms with E-state index in [1.165, 1.54) is 0 Å². The van der Waals surface area contributed by atoms with Crippen molar-refractivity contribution in [2.24, 2.45) is 5.10 Å². The molecule has 0 saturated heterocycles. The van der Waals surface area contributed by atoms with E-state index in [2.05, 4.69) is 23.8 Å². The van der Waals surface area contributed by atoms with Gasteiger partial charge in [0, 0.05) is 6.72 Å². The maximum absolute atomic E-state index is 5.00. The van der Waals surface area contributed by atoms with Crippen molar-refractivity contribution < 1.29 is 4.42 Å². The van der Waals surface area contributed by atoms with E-state index in [1.807, 2.05) is 0 Å². The molecule has 1 rings (SSSR count). The summed E-state index contributed by atoms with van der Waals surface area (Å²) in [5.41, 5.74) is 3.18. The first-order valence-corrected chi connectivity index (χ1v) is 2.79. The lowest BCUT2D eigenvalue weighted by Gasteiger charge is -1.97. The van der Waals surface area contributed by atoms with Gasteiger partial charge in [0.25, 0.3) is 0 Å². The SMILES string of the molecule is C=NNC(=C)c1ccco1. The van der Waals surface area contributed by atoms with E-state index in [9.17, 15) is 0 Å². The molecule has 0 amide bonds. The van der Waals surface area contributed by atoms with Crippen LogP contribution in [-0.2, 0) is 0 Å². The van der Waals surface area contributed by atoms with Crippen LogP contribution in [0.15, 0.2) is 34.5 Å². The maximum Gasteiger partial charge on any atom is 0.150 e. The van der Waals surface area contributed by atoms with Crippen LogP contribution >= 0.6 is 0 Å². The Labute approximate surface area is 59.0 Å². The number of hydrogen-bond acceptors (Lipinski definition) is 3. The summed E-state index contributed by atoms with van der Waals surface area (Å²) in [4.78, 5) is 0. The van der Waals surface area contributed by atoms with Crippen LogP contribution < -0.4 is 5.43 Å². The molecule has 0 aromatic carbocycles. The summed E-state index contributed by atoms with van der Waals surface area (Å²) in [5.74, 6) is 0.674. The Morgan fingerprint density at radius 2 is 2.50 bits per heavy atom. The molecule has 1 N–H and O–H groups in total. The van der Waals surface area contributed by atoms with Crippen LogP contribution in [0.3, 0.4) is 0 Å². The fraction of sp³-hybridized carbons (Fsp3) is 0. The zero-order valence-electron chi connectivity index (χ0n) is 5.50. The van der Waals surface area contributed by atoms with Gasteiger partial charge in [-0.2, -0.15) is 5.10 Å². The van der Waals surface area contributed by atoms with Crippen LogP contribution in [0.2, 0.25) is 0 Å². The van der Waals surface area contributed by atoms with Crippen LogP contribution in [0, 0.1) is 0 Å². The maximum atomic E-state index is 5.00. The van der Waals surface area contributed by atoms with Crippen LogP contribution in [0.4, 0.5) is 0 Å².